The molecule has 0 aliphatic carbocycles. The standard InChI is InChI=1S/C17H23N5O/c1-20(2)14-7-5-6-10-21(11-14)17(23)15-8-3-4-9-16(15)22-13-18-12-19-22/h3-4,8-9,12-14H,5-7,10-11H2,1-2H3/t14-/m0/s1. The highest BCUT2D eigenvalue weighted by Crippen LogP contribution is 2.20. The summed E-state index contributed by atoms with van der Waals surface area (Å²) in [4.78, 5) is 21.3. The Labute approximate surface area is 136 Å². The van der Waals surface area contributed by atoms with Crippen LogP contribution in [0.25, 0.3) is 5.69 Å². The Morgan fingerprint density at radius 2 is 2.09 bits per heavy atom. The molecule has 23 heavy (non-hydrogen) atoms. The molecule has 1 amide bonds. The predicted octanol–water partition coefficient (Wildman–Crippen LogP) is 1.82. The Hall–Kier alpha value is -2.21. The first-order valence-electron chi connectivity index (χ1n) is 8.06. The number of hydrogen-bond acceptors (Lipinski definition) is 4. The second kappa shape index (κ2) is 6.91. The van der Waals surface area contributed by atoms with Gasteiger partial charge in [0.2, 0.25) is 0 Å². The minimum absolute atomic E-state index is 0.0739. The first-order chi connectivity index (χ1) is 11.2. The van der Waals surface area contributed by atoms with Crippen LogP contribution in [0.4, 0.5) is 0 Å². The van der Waals surface area contributed by atoms with Crippen molar-refractivity contribution in [1.29, 1.82) is 0 Å². The Bertz CT molecular complexity index is 653. The van der Waals surface area contributed by atoms with E-state index in [1.54, 1.807) is 11.0 Å². The Morgan fingerprint density at radius 1 is 1.26 bits per heavy atom. The summed E-state index contributed by atoms with van der Waals surface area (Å²) in [6.45, 7) is 1.59. The van der Waals surface area contributed by atoms with Crippen LogP contribution >= 0.6 is 0 Å². The maximum absolute atomic E-state index is 13.1. The van der Waals surface area contributed by atoms with E-state index < -0.39 is 0 Å². The van der Waals surface area contributed by atoms with Crippen molar-refractivity contribution in [3.05, 3.63) is 42.5 Å². The van der Waals surface area contributed by atoms with Crippen LogP contribution < -0.4 is 0 Å². The first-order valence-corrected chi connectivity index (χ1v) is 8.06. The smallest absolute Gasteiger partial charge is 0.256 e. The van der Waals surface area contributed by atoms with Gasteiger partial charge in [0.05, 0.1) is 11.3 Å². The molecule has 6 nitrogen and oxygen atoms in total. The average Bonchev–Trinajstić information content (AvgIpc) is 2.98. The van der Waals surface area contributed by atoms with E-state index in [0.29, 0.717) is 11.6 Å². The van der Waals surface area contributed by atoms with Crippen LogP contribution in [-0.2, 0) is 0 Å². The van der Waals surface area contributed by atoms with Crippen molar-refractivity contribution < 1.29 is 4.79 Å². The number of carbonyl (C=O) groups excluding carboxylic acids is 1. The van der Waals surface area contributed by atoms with E-state index >= 15 is 0 Å². The van der Waals surface area contributed by atoms with E-state index in [1.807, 2.05) is 29.2 Å². The average molecular weight is 313 g/mol. The van der Waals surface area contributed by atoms with Crippen LogP contribution in [0.1, 0.15) is 29.6 Å². The summed E-state index contributed by atoms with van der Waals surface area (Å²) in [5.74, 6) is 0.0739. The number of likely N-dealkylation sites (tertiary alicyclic amines) is 1. The highest BCUT2D eigenvalue weighted by Gasteiger charge is 2.25. The van der Waals surface area contributed by atoms with E-state index in [2.05, 4.69) is 29.1 Å². The third-order valence-electron chi connectivity index (χ3n) is 4.46. The topological polar surface area (TPSA) is 54.3 Å². The lowest BCUT2D eigenvalue weighted by Gasteiger charge is -2.29. The molecule has 0 spiro atoms. The first kappa shape index (κ1) is 15.7. The third-order valence-corrected chi connectivity index (χ3v) is 4.46. The monoisotopic (exact) mass is 313 g/mol. The van der Waals surface area contributed by atoms with Crippen LogP contribution in [0.15, 0.2) is 36.9 Å². The fourth-order valence-electron chi connectivity index (χ4n) is 3.08. The Kier molecular flexibility index (Phi) is 4.71. The van der Waals surface area contributed by atoms with Crippen molar-refractivity contribution in [3.8, 4) is 5.69 Å². The highest BCUT2D eigenvalue weighted by atomic mass is 16.2. The molecule has 0 saturated carbocycles. The fourth-order valence-corrected chi connectivity index (χ4v) is 3.08. The van der Waals surface area contributed by atoms with Crippen LogP contribution in [0.5, 0.6) is 0 Å². The van der Waals surface area contributed by atoms with E-state index in [9.17, 15) is 4.79 Å². The summed E-state index contributed by atoms with van der Waals surface area (Å²) >= 11 is 0. The lowest BCUT2D eigenvalue weighted by Crippen LogP contribution is -2.42. The zero-order chi connectivity index (χ0) is 16.2. The van der Waals surface area contributed by atoms with Gasteiger partial charge in [-0.3, -0.25) is 4.79 Å². The molecule has 1 aromatic carbocycles. The molecule has 6 heteroatoms. The SMILES string of the molecule is CN(C)[C@H]1CCCCN(C(=O)c2ccccc2-n2cncn2)C1. The van der Waals surface area contributed by atoms with E-state index in [4.69, 9.17) is 0 Å². The molecular weight excluding hydrogens is 290 g/mol. The predicted molar refractivity (Wildman–Crippen MR) is 88.6 cm³/mol. The number of aromatic nitrogens is 3. The van der Waals surface area contributed by atoms with Crippen LogP contribution in [0.3, 0.4) is 0 Å². The van der Waals surface area contributed by atoms with E-state index in [-0.39, 0.29) is 5.91 Å². The largest absolute Gasteiger partial charge is 0.337 e. The second-order valence-electron chi connectivity index (χ2n) is 6.22. The molecular formula is C17H23N5O. The molecule has 1 atom stereocenters. The van der Waals surface area contributed by atoms with Gasteiger partial charge in [0.25, 0.3) is 5.91 Å². The van der Waals surface area contributed by atoms with E-state index in [0.717, 1.165) is 38.0 Å². The van der Waals surface area contributed by atoms with Crippen molar-refractivity contribution in [2.45, 2.75) is 25.3 Å². The van der Waals surface area contributed by atoms with Crippen molar-refractivity contribution in [1.82, 2.24) is 24.6 Å². The molecule has 2 heterocycles. The van der Waals surface area contributed by atoms with Gasteiger partial charge in [-0.2, -0.15) is 5.10 Å². The molecule has 1 aliphatic rings. The van der Waals surface area contributed by atoms with Gasteiger partial charge in [-0.05, 0) is 39.1 Å². The number of hydrogen-bond donors (Lipinski definition) is 0. The molecule has 0 unspecified atom stereocenters. The lowest BCUT2D eigenvalue weighted by atomic mass is 10.1. The van der Waals surface area contributed by atoms with Gasteiger partial charge in [0.15, 0.2) is 0 Å². The molecule has 0 N–H and O–H groups in total. The van der Waals surface area contributed by atoms with Crippen LogP contribution in [-0.4, -0.2) is 63.7 Å². The Morgan fingerprint density at radius 3 is 2.83 bits per heavy atom. The van der Waals surface area contributed by atoms with Gasteiger partial charge in [0, 0.05) is 19.1 Å². The number of rotatable bonds is 3. The molecule has 1 aromatic heterocycles. The number of carbonyl (C=O) groups is 1. The van der Waals surface area contributed by atoms with Crippen molar-refractivity contribution >= 4 is 5.91 Å². The minimum atomic E-state index is 0.0739. The van der Waals surface area contributed by atoms with Gasteiger partial charge in [0.1, 0.15) is 12.7 Å². The van der Waals surface area contributed by atoms with Gasteiger partial charge >= 0.3 is 0 Å². The van der Waals surface area contributed by atoms with Crippen LogP contribution in [0.2, 0.25) is 0 Å². The number of amides is 1. The number of para-hydroxylation sites is 1. The third kappa shape index (κ3) is 3.42. The summed E-state index contributed by atoms with van der Waals surface area (Å²) in [5, 5.41) is 4.16. The molecule has 2 aromatic rings. The molecule has 1 saturated heterocycles. The number of likely N-dealkylation sites (N-methyl/N-ethyl adjacent to an activating group) is 1. The fraction of sp³-hybridized carbons (Fsp3) is 0.471. The van der Waals surface area contributed by atoms with Gasteiger partial charge < -0.3 is 9.80 Å². The quantitative estimate of drug-likeness (QED) is 0.867. The molecule has 1 aliphatic heterocycles. The van der Waals surface area contributed by atoms with Crippen molar-refractivity contribution in [2.75, 3.05) is 27.2 Å². The second-order valence-corrected chi connectivity index (χ2v) is 6.22. The zero-order valence-electron chi connectivity index (χ0n) is 13.7. The molecule has 0 radical (unpaired) electrons. The van der Waals surface area contributed by atoms with Crippen LogP contribution in [0, 0.1) is 0 Å². The zero-order valence-corrected chi connectivity index (χ0v) is 13.7. The van der Waals surface area contributed by atoms with Crippen molar-refractivity contribution in [3.63, 3.8) is 0 Å². The molecule has 122 valence electrons. The molecule has 0 bridgehead atoms. The normalized spacial score (nSPS) is 18.9. The van der Waals surface area contributed by atoms with Gasteiger partial charge in [-0.25, -0.2) is 9.67 Å². The maximum Gasteiger partial charge on any atom is 0.256 e. The summed E-state index contributed by atoms with van der Waals surface area (Å²) in [7, 11) is 4.17. The highest BCUT2D eigenvalue weighted by molar-refractivity contribution is 5.97. The van der Waals surface area contributed by atoms with Gasteiger partial charge in [-0.15, -0.1) is 0 Å². The maximum atomic E-state index is 13.1. The molecule has 3 rings (SSSR count). The van der Waals surface area contributed by atoms with Gasteiger partial charge in [-0.1, -0.05) is 18.6 Å². The lowest BCUT2D eigenvalue weighted by molar-refractivity contribution is 0.0725. The molecule has 1 fully saturated rings. The summed E-state index contributed by atoms with van der Waals surface area (Å²) in [5.41, 5.74) is 1.46. The summed E-state index contributed by atoms with van der Waals surface area (Å²) in [6, 6.07) is 8.01. The summed E-state index contributed by atoms with van der Waals surface area (Å²) < 4.78 is 1.65. The number of nitrogens with zero attached hydrogens (tertiary/aromatic N) is 5. The Balaban J connectivity index is 1.88. The van der Waals surface area contributed by atoms with Crippen molar-refractivity contribution in [2.24, 2.45) is 0 Å². The number of benzene rings is 1. The summed E-state index contributed by atoms with van der Waals surface area (Å²) in [6.07, 6.45) is 6.47. The van der Waals surface area contributed by atoms with E-state index in [1.165, 1.54) is 6.33 Å². The minimum Gasteiger partial charge on any atom is -0.337 e.